The number of aromatic nitrogens is 2. The molecule has 3 aromatic rings. The first-order chi connectivity index (χ1) is 11.6. The SMILES string of the molecule is CN(Cc1cc(-c2ccccc2)no1)C(=O)CCc1csc(N)n1. The van der Waals surface area contributed by atoms with Gasteiger partial charge in [0.2, 0.25) is 5.91 Å². The Bertz CT molecular complexity index is 813. The van der Waals surface area contributed by atoms with Crippen molar-refractivity contribution in [3.63, 3.8) is 0 Å². The number of rotatable bonds is 6. The van der Waals surface area contributed by atoms with Crippen LogP contribution in [-0.2, 0) is 17.8 Å². The standard InChI is InChI=1S/C17H18N4O2S/c1-21(16(22)8-7-13-11-24-17(18)19-13)10-14-9-15(20-23-14)12-5-3-2-4-6-12/h2-6,9,11H,7-8,10H2,1H3,(H2,18,19). The topological polar surface area (TPSA) is 85.2 Å². The van der Waals surface area contributed by atoms with Gasteiger partial charge in [-0.05, 0) is 6.42 Å². The third-order valence-corrected chi connectivity index (χ3v) is 4.33. The third-order valence-electron chi connectivity index (χ3n) is 3.61. The molecule has 0 unspecified atom stereocenters. The van der Waals surface area contributed by atoms with E-state index < -0.39 is 0 Å². The van der Waals surface area contributed by atoms with Crippen molar-refractivity contribution in [2.24, 2.45) is 0 Å². The number of amides is 1. The highest BCUT2D eigenvalue weighted by Crippen LogP contribution is 2.19. The Kier molecular flexibility index (Phi) is 4.90. The van der Waals surface area contributed by atoms with Crippen molar-refractivity contribution in [3.8, 4) is 11.3 Å². The molecular weight excluding hydrogens is 324 g/mol. The third kappa shape index (κ3) is 3.99. The average molecular weight is 342 g/mol. The highest BCUT2D eigenvalue weighted by atomic mass is 32.1. The molecule has 1 aromatic carbocycles. The lowest BCUT2D eigenvalue weighted by Gasteiger charge is -2.14. The zero-order chi connectivity index (χ0) is 16.9. The molecule has 0 atom stereocenters. The summed E-state index contributed by atoms with van der Waals surface area (Å²) in [4.78, 5) is 18.0. The van der Waals surface area contributed by atoms with Gasteiger partial charge in [0, 0.05) is 30.5 Å². The van der Waals surface area contributed by atoms with Crippen LogP contribution < -0.4 is 5.73 Å². The first kappa shape index (κ1) is 16.2. The Morgan fingerprint density at radius 1 is 1.33 bits per heavy atom. The molecule has 0 bridgehead atoms. The van der Waals surface area contributed by atoms with Gasteiger partial charge in [-0.25, -0.2) is 4.98 Å². The number of carbonyl (C=O) groups excluding carboxylic acids is 1. The molecular formula is C17H18N4O2S. The summed E-state index contributed by atoms with van der Waals surface area (Å²) in [5.41, 5.74) is 8.20. The summed E-state index contributed by atoms with van der Waals surface area (Å²) in [7, 11) is 1.75. The average Bonchev–Trinajstić information content (AvgIpc) is 3.22. The van der Waals surface area contributed by atoms with Gasteiger partial charge in [-0.2, -0.15) is 0 Å². The number of nitrogens with two attached hydrogens (primary N) is 1. The predicted octanol–water partition coefficient (Wildman–Crippen LogP) is 2.97. The number of hydrogen-bond acceptors (Lipinski definition) is 6. The fraction of sp³-hybridized carbons (Fsp3) is 0.235. The summed E-state index contributed by atoms with van der Waals surface area (Å²) < 4.78 is 5.33. The van der Waals surface area contributed by atoms with Crippen LogP contribution >= 0.6 is 11.3 Å². The molecule has 6 nitrogen and oxygen atoms in total. The van der Waals surface area contributed by atoms with Gasteiger partial charge in [-0.1, -0.05) is 35.5 Å². The van der Waals surface area contributed by atoms with Crippen molar-refractivity contribution in [1.82, 2.24) is 15.0 Å². The van der Waals surface area contributed by atoms with E-state index in [-0.39, 0.29) is 5.91 Å². The van der Waals surface area contributed by atoms with E-state index in [0.717, 1.165) is 17.0 Å². The first-order valence-electron chi connectivity index (χ1n) is 7.56. The van der Waals surface area contributed by atoms with Crippen LogP contribution in [0.4, 0.5) is 5.13 Å². The Labute approximate surface area is 143 Å². The van der Waals surface area contributed by atoms with Crippen LogP contribution in [0.3, 0.4) is 0 Å². The lowest BCUT2D eigenvalue weighted by molar-refractivity contribution is -0.130. The zero-order valence-electron chi connectivity index (χ0n) is 13.3. The van der Waals surface area contributed by atoms with Gasteiger partial charge in [0.1, 0.15) is 5.69 Å². The molecule has 0 aliphatic heterocycles. The molecule has 2 heterocycles. The van der Waals surface area contributed by atoms with Crippen LogP contribution in [0.15, 0.2) is 46.3 Å². The molecule has 0 radical (unpaired) electrons. The summed E-state index contributed by atoms with van der Waals surface area (Å²) in [6.07, 6.45) is 0.974. The van der Waals surface area contributed by atoms with Crippen LogP contribution in [0.1, 0.15) is 17.9 Å². The summed E-state index contributed by atoms with van der Waals surface area (Å²) in [5.74, 6) is 0.682. The monoisotopic (exact) mass is 342 g/mol. The van der Waals surface area contributed by atoms with E-state index in [1.165, 1.54) is 11.3 Å². The van der Waals surface area contributed by atoms with E-state index in [1.54, 1.807) is 11.9 Å². The quantitative estimate of drug-likeness (QED) is 0.744. The number of nitrogens with zero attached hydrogens (tertiary/aromatic N) is 3. The van der Waals surface area contributed by atoms with E-state index in [4.69, 9.17) is 10.3 Å². The molecule has 3 rings (SSSR count). The lowest BCUT2D eigenvalue weighted by Crippen LogP contribution is -2.26. The largest absolute Gasteiger partial charge is 0.375 e. The van der Waals surface area contributed by atoms with E-state index in [0.29, 0.717) is 30.3 Å². The van der Waals surface area contributed by atoms with Crippen LogP contribution in [0.5, 0.6) is 0 Å². The first-order valence-corrected chi connectivity index (χ1v) is 8.44. The molecule has 0 aliphatic rings. The predicted molar refractivity (Wildman–Crippen MR) is 93.3 cm³/mol. The number of hydrogen-bond donors (Lipinski definition) is 1. The molecule has 2 aromatic heterocycles. The number of aryl methyl sites for hydroxylation is 1. The van der Waals surface area contributed by atoms with E-state index in [2.05, 4.69) is 10.1 Å². The smallest absolute Gasteiger partial charge is 0.223 e. The lowest BCUT2D eigenvalue weighted by atomic mass is 10.1. The molecule has 7 heteroatoms. The van der Waals surface area contributed by atoms with Crippen LogP contribution in [-0.4, -0.2) is 28.0 Å². The summed E-state index contributed by atoms with van der Waals surface area (Å²) in [6, 6.07) is 11.6. The second kappa shape index (κ2) is 7.27. The second-order valence-electron chi connectivity index (χ2n) is 5.47. The number of carbonyl (C=O) groups is 1. The molecule has 2 N–H and O–H groups in total. The molecule has 0 fully saturated rings. The Hall–Kier alpha value is -2.67. The molecule has 124 valence electrons. The van der Waals surface area contributed by atoms with Crippen molar-refractivity contribution in [2.75, 3.05) is 12.8 Å². The van der Waals surface area contributed by atoms with E-state index in [9.17, 15) is 4.79 Å². The number of nitrogen functional groups attached to an aromatic ring is 1. The summed E-state index contributed by atoms with van der Waals surface area (Å²) in [6.45, 7) is 0.387. The van der Waals surface area contributed by atoms with Crippen molar-refractivity contribution in [2.45, 2.75) is 19.4 Å². The maximum atomic E-state index is 12.2. The molecule has 0 spiro atoms. The Morgan fingerprint density at radius 2 is 2.12 bits per heavy atom. The van der Waals surface area contributed by atoms with Gasteiger partial charge < -0.3 is 15.2 Å². The Balaban J connectivity index is 1.55. The zero-order valence-corrected chi connectivity index (χ0v) is 14.1. The molecule has 1 amide bonds. The number of thiazole rings is 1. The normalized spacial score (nSPS) is 10.7. The molecule has 0 aliphatic carbocycles. The van der Waals surface area contributed by atoms with Gasteiger partial charge in [0.15, 0.2) is 10.9 Å². The maximum absolute atomic E-state index is 12.2. The summed E-state index contributed by atoms with van der Waals surface area (Å²) >= 11 is 1.39. The van der Waals surface area contributed by atoms with Crippen LogP contribution in [0.25, 0.3) is 11.3 Å². The highest BCUT2D eigenvalue weighted by molar-refractivity contribution is 7.13. The van der Waals surface area contributed by atoms with E-state index in [1.807, 2.05) is 41.8 Å². The van der Waals surface area contributed by atoms with Crippen LogP contribution in [0, 0.1) is 0 Å². The fourth-order valence-corrected chi connectivity index (χ4v) is 2.92. The van der Waals surface area contributed by atoms with Crippen molar-refractivity contribution >= 4 is 22.4 Å². The van der Waals surface area contributed by atoms with Gasteiger partial charge >= 0.3 is 0 Å². The minimum Gasteiger partial charge on any atom is -0.375 e. The minimum absolute atomic E-state index is 0.0271. The molecule has 0 saturated heterocycles. The highest BCUT2D eigenvalue weighted by Gasteiger charge is 2.14. The number of benzene rings is 1. The minimum atomic E-state index is 0.0271. The molecule has 0 saturated carbocycles. The number of anilines is 1. The fourth-order valence-electron chi connectivity index (χ4n) is 2.32. The maximum Gasteiger partial charge on any atom is 0.223 e. The second-order valence-corrected chi connectivity index (χ2v) is 6.36. The van der Waals surface area contributed by atoms with Gasteiger partial charge in [0.25, 0.3) is 0 Å². The van der Waals surface area contributed by atoms with Crippen molar-refractivity contribution < 1.29 is 9.32 Å². The van der Waals surface area contributed by atoms with Gasteiger partial charge in [-0.15, -0.1) is 11.3 Å². The van der Waals surface area contributed by atoms with E-state index >= 15 is 0 Å². The van der Waals surface area contributed by atoms with Crippen molar-refractivity contribution in [3.05, 3.63) is 53.2 Å². The molecule has 24 heavy (non-hydrogen) atoms. The summed E-state index contributed by atoms with van der Waals surface area (Å²) in [5, 5.41) is 6.47. The Morgan fingerprint density at radius 3 is 2.83 bits per heavy atom. The van der Waals surface area contributed by atoms with Gasteiger partial charge in [0.05, 0.1) is 12.2 Å². The van der Waals surface area contributed by atoms with Crippen LogP contribution in [0.2, 0.25) is 0 Å². The van der Waals surface area contributed by atoms with Gasteiger partial charge in [-0.3, -0.25) is 4.79 Å². The van der Waals surface area contributed by atoms with Crippen molar-refractivity contribution in [1.29, 1.82) is 0 Å².